The molecule has 19 rings (SSSR count). The fourth-order valence-electron chi connectivity index (χ4n) is 15.1. The molecule has 0 aromatic heterocycles. The Morgan fingerprint density at radius 2 is 0.524 bits per heavy atom. The summed E-state index contributed by atoms with van der Waals surface area (Å²) in [5.74, 6) is 0. The summed E-state index contributed by atoms with van der Waals surface area (Å²) in [6.07, 6.45) is 0. The van der Waals surface area contributed by atoms with E-state index in [2.05, 4.69) is 426 Å². The maximum Gasteiger partial charge on any atom is 0.0725 e. The lowest BCUT2D eigenvalue weighted by molar-refractivity contribution is 0.660. The maximum atomic E-state index is 2.40. The molecule has 1 spiro atoms. The van der Waals surface area contributed by atoms with Crippen LogP contribution in [0, 0.1) is 48.5 Å². The van der Waals surface area contributed by atoms with E-state index in [9.17, 15) is 0 Å². The van der Waals surface area contributed by atoms with Gasteiger partial charge >= 0.3 is 0 Å². The molecule has 0 nitrogen and oxygen atoms in total. The molecule has 0 atom stereocenters. The Morgan fingerprint density at radius 3 is 1.08 bits per heavy atom. The molecule has 0 aliphatic heterocycles. The Hall–Kier alpha value is -12.0. The summed E-state index contributed by atoms with van der Waals surface area (Å²) >= 11 is 0. The first-order valence-corrected chi connectivity index (χ1v) is 36.1. The summed E-state index contributed by atoms with van der Waals surface area (Å²) in [7, 11) is 0. The second kappa shape index (κ2) is 31.7. The van der Waals surface area contributed by atoms with Crippen LogP contribution >= 0.6 is 0 Å². The van der Waals surface area contributed by atoms with Crippen LogP contribution in [0.5, 0.6) is 0 Å². The molecule has 0 N–H and O–H groups in total. The summed E-state index contributed by atoms with van der Waals surface area (Å²) in [5, 5.41) is 5.33. The third-order valence-electron chi connectivity index (χ3n) is 20.3. The average Bonchev–Trinajstić information content (AvgIpc) is 1.51. The molecule has 0 heterocycles. The molecule has 0 saturated heterocycles. The summed E-state index contributed by atoms with van der Waals surface area (Å²) in [4.78, 5) is 0. The van der Waals surface area contributed by atoms with E-state index >= 15 is 0 Å². The molecule has 16 aromatic carbocycles. The van der Waals surface area contributed by atoms with Gasteiger partial charge in [-0.2, -0.15) is 0 Å². The second-order valence-electron chi connectivity index (χ2n) is 28.0. The molecular weight excluding hydrogens is 1240 g/mol. The lowest BCUT2D eigenvalue weighted by Gasteiger charge is -2.30. The van der Waals surface area contributed by atoms with Crippen molar-refractivity contribution in [1.82, 2.24) is 0 Å². The van der Waals surface area contributed by atoms with E-state index < -0.39 is 0 Å². The Balaban J connectivity index is 0.000000110. The van der Waals surface area contributed by atoms with E-state index in [1.54, 1.807) is 0 Å². The summed E-state index contributed by atoms with van der Waals surface area (Å²) in [6, 6.07) is 136. The summed E-state index contributed by atoms with van der Waals surface area (Å²) in [6.45, 7) is 19.6. The Kier molecular flexibility index (Phi) is 21.4. The number of rotatable bonds is 3. The smallest absolute Gasteiger partial charge is 0.0622 e. The minimum absolute atomic E-state index is 0.151. The van der Waals surface area contributed by atoms with Crippen molar-refractivity contribution in [2.75, 3.05) is 0 Å². The van der Waals surface area contributed by atoms with Crippen LogP contribution < -0.4 is 0 Å². The zero-order valence-electron chi connectivity index (χ0n) is 60.9. The number of hydrogen-bond acceptors (Lipinski definition) is 0. The van der Waals surface area contributed by atoms with Crippen LogP contribution in [0.2, 0.25) is 0 Å². The molecule has 3 aliphatic rings. The predicted molar refractivity (Wildman–Crippen MR) is 443 cm³/mol. The first kappa shape index (κ1) is 69.5. The van der Waals surface area contributed by atoms with Crippen LogP contribution in [0.3, 0.4) is 0 Å². The lowest BCUT2D eigenvalue weighted by atomic mass is 9.70. The Morgan fingerprint density at radius 1 is 0.175 bits per heavy atom. The fraction of sp³-hybridized carbons (Fsp3) is 0.107. The van der Waals surface area contributed by atoms with Crippen molar-refractivity contribution < 1.29 is 0 Å². The lowest BCUT2D eigenvalue weighted by Crippen LogP contribution is -2.25. The van der Waals surface area contributed by atoms with Crippen LogP contribution in [0.1, 0.15) is 86.2 Å². The van der Waals surface area contributed by atoms with Gasteiger partial charge in [0.1, 0.15) is 0 Å². The van der Waals surface area contributed by atoms with Crippen LogP contribution in [0.4, 0.5) is 0 Å². The third kappa shape index (κ3) is 15.2. The van der Waals surface area contributed by atoms with Crippen LogP contribution in [-0.2, 0) is 10.8 Å². The van der Waals surface area contributed by atoms with Gasteiger partial charge in [0, 0.05) is 5.41 Å². The van der Waals surface area contributed by atoms with E-state index in [0.29, 0.717) is 0 Å². The van der Waals surface area contributed by atoms with Gasteiger partial charge in [0.25, 0.3) is 0 Å². The number of hydrogen-bond donors (Lipinski definition) is 0. The summed E-state index contributed by atoms with van der Waals surface area (Å²) in [5.41, 5.74) is 33.9. The SMILES string of the molecule is Cc1ccc(-c2ccccc2)cc1.Cc1ccc2c(c1)C(C)(C)c1ccccc1-2.Cc1ccc2c(c1)C1(c3ccccc3-c3ccccc31)c1ccccc1-2.Cc1ccc2ccccc2c1.Cc1cccc(-c2ccccc2)c1.Cc1cccc2ccccc12.Cc1ccccc1-c1ccccc1. The van der Waals surface area contributed by atoms with Gasteiger partial charge in [0.15, 0.2) is 0 Å². The first-order chi connectivity index (χ1) is 50.3. The quantitative estimate of drug-likeness (QED) is 0.165. The predicted octanol–water partition coefficient (Wildman–Crippen LogP) is 27.9. The van der Waals surface area contributed by atoms with Crippen LogP contribution in [0.25, 0.3) is 88.3 Å². The highest BCUT2D eigenvalue weighted by molar-refractivity contribution is 5.95. The number of fused-ring (bicyclic) bond motifs is 15. The van der Waals surface area contributed by atoms with Gasteiger partial charge < -0.3 is 0 Å². The van der Waals surface area contributed by atoms with Gasteiger partial charge in [-0.25, -0.2) is 0 Å². The fourth-order valence-corrected chi connectivity index (χ4v) is 15.1. The van der Waals surface area contributed by atoms with Gasteiger partial charge in [0.05, 0.1) is 5.41 Å². The molecule has 502 valence electrons. The molecule has 0 bridgehead atoms. The van der Waals surface area contributed by atoms with Crippen molar-refractivity contribution in [2.45, 2.75) is 73.1 Å². The number of benzene rings is 16. The molecule has 0 fully saturated rings. The highest BCUT2D eigenvalue weighted by Crippen LogP contribution is 2.62. The molecule has 0 saturated carbocycles. The first-order valence-electron chi connectivity index (χ1n) is 36.1. The average molecular weight is 1330 g/mol. The van der Waals surface area contributed by atoms with Crippen molar-refractivity contribution in [3.8, 4) is 66.8 Å². The van der Waals surface area contributed by atoms with Crippen molar-refractivity contribution in [3.05, 3.63) is 455 Å². The van der Waals surface area contributed by atoms with Gasteiger partial charge in [-0.15, -0.1) is 0 Å². The highest BCUT2D eigenvalue weighted by atomic mass is 14.5. The zero-order chi connectivity index (χ0) is 71.3. The molecule has 0 radical (unpaired) electrons. The molecule has 16 aromatic rings. The molecule has 3 aliphatic carbocycles. The highest BCUT2D eigenvalue weighted by Gasteiger charge is 2.51. The van der Waals surface area contributed by atoms with Gasteiger partial charge in [-0.1, -0.05) is 424 Å². The third-order valence-corrected chi connectivity index (χ3v) is 20.3. The normalized spacial score (nSPS) is 12.1. The van der Waals surface area contributed by atoms with Crippen molar-refractivity contribution in [1.29, 1.82) is 0 Å². The van der Waals surface area contributed by atoms with Crippen LogP contribution in [-0.4, -0.2) is 0 Å². The Labute approximate surface area is 612 Å². The van der Waals surface area contributed by atoms with E-state index in [4.69, 9.17) is 0 Å². The molecule has 0 unspecified atom stereocenters. The van der Waals surface area contributed by atoms with Gasteiger partial charge in [-0.05, 0) is 181 Å². The maximum absolute atomic E-state index is 2.40. The molecule has 0 amide bonds. The van der Waals surface area contributed by atoms with E-state index in [0.717, 1.165) is 0 Å². The minimum atomic E-state index is -0.189. The summed E-state index contributed by atoms with van der Waals surface area (Å²) < 4.78 is 0. The van der Waals surface area contributed by atoms with E-state index in [-0.39, 0.29) is 10.8 Å². The molecular formula is C103H90. The van der Waals surface area contributed by atoms with Crippen molar-refractivity contribution >= 4 is 21.5 Å². The topological polar surface area (TPSA) is 0 Å². The molecule has 0 heteroatoms. The van der Waals surface area contributed by atoms with Crippen LogP contribution in [0.15, 0.2) is 382 Å². The molecule has 103 heavy (non-hydrogen) atoms. The van der Waals surface area contributed by atoms with E-state index in [1.165, 1.54) is 161 Å². The largest absolute Gasteiger partial charge is 0.0725 e. The zero-order valence-corrected chi connectivity index (χ0v) is 60.9. The van der Waals surface area contributed by atoms with Crippen molar-refractivity contribution in [2.24, 2.45) is 0 Å². The minimum Gasteiger partial charge on any atom is -0.0622 e. The van der Waals surface area contributed by atoms with E-state index in [1.807, 2.05) is 18.2 Å². The van der Waals surface area contributed by atoms with Gasteiger partial charge in [-0.3, -0.25) is 0 Å². The monoisotopic (exact) mass is 1330 g/mol. The Bertz CT molecular complexity index is 5460. The second-order valence-corrected chi connectivity index (χ2v) is 28.0. The number of aryl methyl sites for hydroxylation is 7. The van der Waals surface area contributed by atoms with Crippen molar-refractivity contribution in [3.63, 3.8) is 0 Å². The standard InChI is InChI=1S/C26H18.C16H16.3C13H12.2C11H10/c1-17-14-15-21-20-10-4-7-13-24(20)26(25(21)16-17)22-11-5-2-8-18(22)19-9-3-6-12-23(19)26;1-11-8-9-13-12-6-4-5-7-14(12)16(2,3)15(13)10-11;1-11-7-5-6-10-13(11)12-8-3-2-4-9-12;1-11-6-5-9-13(10-11)12-7-3-2-4-8-12;1-11-7-9-13(10-8-11)12-5-3-2-4-6-12;1-9-5-4-7-10-6-2-3-8-11(9)10;1-9-6-7-10-4-2-3-5-11(10)8-9/h2-16H,1H3;4-10H,1-3H3;3*2-10H,1H3;2*2-8H,1H3. The van der Waals surface area contributed by atoms with Gasteiger partial charge in [0.2, 0.25) is 0 Å².